The van der Waals surface area contributed by atoms with Crippen molar-refractivity contribution in [1.82, 2.24) is 0 Å². The van der Waals surface area contributed by atoms with Crippen LogP contribution in [-0.4, -0.2) is 25.0 Å². The number of rotatable bonds is 5. The van der Waals surface area contributed by atoms with Crippen molar-refractivity contribution < 1.29 is 30.7 Å². The molecule has 0 saturated heterocycles. The summed E-state index contributed by atoms with van der Waals surface area (Å²) in [5, 5.41) is 11.1. The van der Waals surface area contributed by atoms with Crippen molar-refractivity contribution in [2.75, 3.05) is 13.7 Å². The molecule has 0 radical (unpaired) electrons. The topological polar surface area (TPSA) is 41.8 Å². The molecule has 0 heterocycles. The summed E-state index contributed by atoms with van der Waals surface area (Å²) in [7, 11) is 11.6. The van der Waals surface area contributed by atoms with Crippen molar-refractivity contribution in [1.29, 1.82) is 0 Å². The Hall–Kier alpha value is -0.0469. The SMILES string of the molecule is COc1cc(C=NCC(C)C)c(O)c(C23CC4CC(CC(C4)C2)C3)c1.[Cl][Zr][Cl]. The molecule has 4 fully saturated rings. The number of phenolic OH excluding ortho intramolecular Hbond substituents is 1. The standard InChI is InChI=1S/C22H31NO2.2ClH.Zr/c1-14(2)12-23-13-18-7-19(25-3)8-20(21(18)24)22-9-15-4-16(10-22)6-17(5-15)11-22;;;/h7-8,13-17,24H,4-6,9-12H2,1-3H3;2*1H;/q;;;+2/p-2. The third kappa shape index (κ3) is 4.98. The summed E-state index contributed by atoms with van der Waals surface area (Å²) in [4.78, 5) is 4.52. The van der Waals surface area contributed by atoms with Crippen LogP contribution in [0.1, 0.15) is 63.5 Å². The zero-order valence-corrected chi connectivity index (χ0v) is 21.0. The summed E-state index contributed by atoms with van der Waals surface area (Å²) >= 11 is -0.826. The molecular weight excluding hydrogens is 472 g/mol. The van der Waals surface area contributed by atoms with E-state index < -0.39 is 20.8 Å². The van der Waals surface area contributed by atoms with Crippen LogP contribution >= 0.6 is 17.0 Å². The summed E-state index contributed by atoms with van der Waals surface area (Å²) in [6.07, 6.45) is 9.78. The molecule has 4 bridgehead atoms. The Kier molecular flexibility index (Phi) is 7.95. The molecule has 3 nitrogen and oxygen atoms in total. The van der Waals surface area contributed by atoms with E-state index in [9.17, 15) is 5.11 Å². The molecule has 4 saturated carbocycles. The van der Waals surface area contributed by atoms with Gasteiger partial charge >= 0.3 is 37.9 Å². The molecule has 0 unspecified atom stereocenters. The number of ether oxygens (including phenoxy) is 1. The summed E-state index contributed by atoms with van der Waals surface area (Å²) in [6, 6.07) is 4.02. The molecule has 1 aromatic rings. The third-order valence-corrected chi connectivity index (χ3v) is 6.66. The molecule has 1 N–H and O–H groups in total. The Morgan fingerprint density at radius 1 is 1.18 bits per heavy atom. The molecule has 154 valence electrons. The molecule has 4 aliphatic carbocycles. The van der Waals surface area contributed by atoms with Crippen LogP contribution in [0.2, 0.25) is 0 Å². The van der Waals surface area contributed by atoms with Crippen LogP contribution in [0.5, 0.6) is 11.5 Å². The van der Waals surface area contributed by atoms with E-state index in [0.717, 1.165) is 41.2 Å². The van der Waals surface area contributed by atoms with Crippen LogP contribution in [0.4, 0.5) is 0 Å². The number of nitrogens with zero attached hydrogens (tertiary/aromatic N) is 1. The Labute approximate surface area is 187 Å². The van der Waals surface area contributed by atoms with E-state index in [4.69, 9.17) is 21.8 Å². The first-order valence-corrected chi connectivity index (χ1v) is 16.6. The Morgan fingerprint density at radius 3 is 2.18 bits per heavy atom. The minimum absolute atomic E-state index is 0.161. The molecule has 0 atom stereocenters. The number of halogens is 2. The van der Waals surface area contributed by atoms with Crippen molar-refractivity contribution in [3.63, 3.8) is 0 Å². The van der Waals surface area contributed by atoms with Crippen LogP contribution in [0, 0.1) is 23.7 Å². The van der Waals surface area contributed by atoms with Gasteiger partial charge in [0.2, 0.25) is 0 Å². The van der Waals surface area contributed by atoms with Crippen LogP contribution in [-0.2, 0) is 26.3 Å². The Morgan fingerprint density at radius 2 is 1.71 bits per heavy atom. The first-order chi connectivity index (χ1) is 13.4. The molecule has 0 aliphatic heterocycles. The Balaban J connectivity index is 0.000000706. The molecule has 0 amide bonds. The van der Waals surface area contributed by atoms with Gasteiger partial charge in [0.15, 0.2) is 0 Å². The van der Waals surface area contributed by atoms with Gasteiger partial charge in [-0.1, -0.05) is 13.8 Å². The Bertz CT molecular complexity index is 673. The molecule has 0 spiro atoms. The quantitative estimate of drug-likeness (QED) is 0.478. The second-order valence-corrected chi connectivity index (χ2v) is 13.0. The molecule has 5 rings (SSSR count). The van der Waals surface area contributed by atoms with Crippen molar-refractivity contribution in [2.45, 2.75) is 57.8 Å². The first kappa shape index (κ1) is 22.6. The van der Waals surface area contributed by atoms with Crippen molar-refractivity contribution in [2.24, 2.45) is 28.7 Å². The van der Waals surface area contributed by atoms with Gasteiger partial charge in [0.1, 0.15) is 11.5 Å². The van der Waals surface area contributed by atoms with Crippen molar-refractivity contribution in [3.05, 3.63) is 23.3 Å². The molecule has 1 aromatic carbocycles. The maximum atomic E-state index is 11.1. The van der Waals surface area contributed by atoms with Gasteiger partial charge in [0, 0.05) is 23.9 Å². The number of methoxy groups -OCH3 is 1. The summed E-state index contributed by atoms with van der Waals surface area (Å²) < 4.78 is 5.57. The third-order valence-electron chi connectivity index (χ3n) is 6.66. The van der Waals surface area contributed by atoms with Crippen molar-refractivity contribution in [3.8, 4) is 11.5 Å². The average Bonchev–Trinajstić information content (AvgIpc) is 2.62. The van der Waals surface area contributed by atoms with Gasteiger partial charge in [-0.25, -0.2) is 0 Å². The maximum absolute atomic E-state index is 11.1. The predicted molar refractivity (Wildman–Crippen MR) is 114 cm³/mol. The number of hydrogen-bond donors (Lipinski definition) is 1. The van der Waals surface area contributed by atoms with E-state index in [1.165, 1.54) is 38.5 Å². The number of hydrogen-bond acceptors (Lipinski definition) is 3. The second-order valence-electron chi connectivity index (χ2n) is 9.27. The molecule has 0 aromatic heterocycles. The fourth-order valence-electron chi connectivity index (χ4n) is 6.05. The summed E-state index contributed by atoms with van der Waals surface area (Å²) in [6.45, 7) is 5.09. The summed E-state index contributed by atoms with van der Waals surface area (Å²) in [5.74, 6) is 4.37. The monoisotopic (exact) mass is 501 g/mol. The van der Waals surface area contributed by atoms with Crippen LogP contribution in [0.3, 0.4) is 0 Å². The van der Waals surface area contributed by atoms with Gasteiger partial charge in [-0.3, -0.25) is 4.99 Å². The van der Waals surface area contributed by atoms with Gasteiger partial charge in [0.05, 0.1) is 7.11 Å². The van der Waals surface area contributed by atoms with E-state index in [1.54, 1.807) is 7.11 Å². The summed E-state index contributed by atoms with van der Waals surface area (Å²) in [5.41, 5.74) is 2.09. The van der Waals surface area contributed by atoms with Crippen molar-refractivity contribution >= 4 is 23.2 Å². The first-order valence-electron chi connectivity index (χ1n) is 10.3. The van der Waals surface area contributed by atoms with Gasteiger partial charge in [-0.15, -0.1) is 0 Å². The van der Waals surface area contributed by atoms with Gasteiger partial charge in [0.25, 0.3) is 0 Å². The minimum atomic E-state index is -0.826. The van der Waals surface area contributed by atoms with Crippen LogP contribution in [0.25, 0.3) is 0 Å². The average molecular weight is 504 g/mol. The predicted octanol–water partition coefficient (Wildman–Crippen LogP) is 6.32. The molecule has 28 heavy (non-hydrogen) atoms. The number of aromatic hydroxyl groups is 1. The molecule has 4 aliphatic rings. The normalized spacial score (nSPS) is 30.4. The number of phenols is 1. The molecular formula is C22H31Cl2NO2Zr. The van der Waals surface area contributed by atoms with Crippen LogP contribution < -0.4 is 4.74 Å². The molecule has 6 heteroatoms. The zero-order chi connectivity index (χ0) is 20.3. The van der Waals surface area contributed by atoms with Gasteiger partial charge < -0.3 is 9.84 Å². The van der Waals surface area contributed by atoms with Gasteiger partial charge in [-0.05, 0) is 79.7 Å². The fraction of sp³-hybridized carbons (Fsp3) is 0.682. The number of aliphatic imine (C=N–C) groups is 1. The fourth-order valence-corrected chi connectivity index (χ4v) is 6.05. The van der Waals surface area contributed by atoms with Crippen LogP contribution in [0.15, 0.2) is 17.1 Å². The van der Waals surface area contributed by atoms with E-state index >= 15 is 0 Å². The second kappa shape index (κ2) is 9.84. The van der Waals surface area contributed by atoms with E-state index in [-0.39, 0.29) is 5.41 Å². The zero-order valence-electron chi connectivity index (χ0n) is 17.0. The van der Waals surface area contributed by atoms with E-state index in [1.807, 2.05) is 12.3 Å². The van der Waals surface area contributed by atoms with Gasteiger partial charge in [-0.2, -0.15) is 0 Å². The number of benzene rings is 1. The van der Waals surface area contributed by atoms with E-state index in [0.29, 0.717) is 11.7 Å². The van der Waals surface area contributed by atoms with E-state index in [2.05, 4.69) is 24.9 Å².